The van der Waals surface area contributed by atoms with Crippen LogP contribution in [0.25, 0.3) is 22.6 Å². The van der Waals surface area contributed by atoms with Crippen molar-refractivity contribution in [3.63, 3.8) is 0 Å². The quantitative estimate of drug-likeness (QED) is 0.252. The monoisotopic (exact) mass is 550 g/mol. The van der Waals surface area contributed by atoms with Gasteiger partial charge < -0.3 is 19.1 Å². The smallest absolute Gasteiger partial charge is 0.314 e. The number of likely N-dealkylation sites (tertiary alicyclic amines) is 1. The summed E-state index contributed by atoms with van der Waals surface area (Å²) in [7, 11) is 3.91. The van der Waals surface area contributed by atoms with Crippen LogP contribution in [-0.2, 0) is 11.3 Å². The molecule has 0 saturated carbocycles. The zero-order chi connectivity index (χ0) is 28.2. The molecule has 0 unspecified atom stereocenters. The lowest BCUT2D eigenvalue weighted by molar-refractivity contribution is -0.108. The van der Waals surface area contributed by atoms with Crippen LogP contribution in [0.3, 0.4) is 0 Å². The summed E-state index contributed by atoms with van der Waals surface area (Å²) in [6.07, 6.45) is 3.11. The molecule has 40 heavy (non-hydrogen) atoms. The van der Waals surface area contributed by atoms with E-state index in [0.717, 1.165) is 54.8 Å². The van der Waals surface area contributed by atoms with Crippen molar-refractivity contribution in [2.45, 2.75) is 31.9 Å². The van der Waals surface area contributed by atoms with E-state index in [1.165, 1.54) is 6.07 Å². The Labute approximate surface area is 230 Å². The fraction of sp³-hybridized carbons (Fsp3) is 0.310. The molecule has 1 saturated heterocycles. The molecule has 1 amide bonds. The number of pyridine rings is 1. The molecule has 2 aromatic heterocycles. The van der Waals surface area contributed by atoms with E-state index < -0.39 is 18.1 Å². The Morgan fingerprint density at radius 1 is 1.00 bits per heavy atom. The minimum absolute atomic E-state index is 0.0390. The third-order valence-corrected chi connectivity index (χ3v) is 7.21. The molecule has 0 aliphatic carbocycles. The van der Waals surface area contributed by atoms with Crippen molar-refractivity contribution in [1.82, 2.24) is 20.1 Å². The largest absolute Gasteiger partial charge is 0.415 e. The Morgan fingerprint density at radius 2 is 1.73 bits per heavy atom. The summed E-state index contributed by atoms with van der Waals surface area (Å²) in [5.41, 5.74) is 4.00. The number of hydrogen-bond donors (Lipinski definition) is 0. The third-order valence-electron chi connectivity index (χ3n) is 7.21. The molecule has 1 aliphatic heterocycles. The minimum atomic E-state index is -2.90. The maximum absolute atomic E-state index is 15.2. The van der Waals surface area contributed by atoms with Gasteiger partial charge in [0, 0.05) is 43.2 Å². The molecule has 5 rings (SSSR count). The van der Waals surface area contributed by atoms with Crippen molar-refractivity contribution in [1.29, 1.82) is 0 Å². The van der Waals surface area contributed by atoms with Gasteiger partial charge in [0.2, 0.25) is 12.3 Å². The number of carbonyl (C=O) groups excluding carboxylic acids is 1. The summed E-state index contributed by atoms with van der Waals surface area (Å²) < 4.78 is 45.7. The Hall–Kier alpha value is -4.25. The van der Waals surface area contributed by atoms with Crippen molar-refractivity contribution >= 4 is 17.8 Å². The number of nitrogens with zero attached hydrogens (tertiary/aromatic N) is 6. The van der Waals surface area contributed by atoms with Crippen LogP contribution in [0.5, 0.6) is 0 Å². The van der Waals surface area contributed by atoms with Gasteiger partial charge in [-0.3, -0.25) is 9.78 Å². The van der Waals surface area contributed by atoms with Gasteiger partial charge in [0.25, 0.3) is 5.89 Å². The van der Waals surface area contributed by atoms with Crippen LogP contribution < -0.4 is 9.80 Å². The van der Waals surface area contributed by atoms with Crippen LogP contribution in [0.2, 0.25) is 0 Å². The summed E-state index contributed by atoms with van der Waals surface area (Å²) in [5.74, 6) is -1.53. The highest BCUT2D eigenvalue weighted by Gasteiger charge is 2.26. The van der Waals surface area contributed by atoms with Gasteiger partial charge in [0.15, 0.2) is 0 Å². The molecule has 8 nitrogen and oxygen atoms in total. The normalized spacial score (nSPS) is 14.4. The van der Waals surface area contributed by atoms with Gasteiger partial charge in [0.05, 0.1) is 11.4 Å². The summed E-state index contributed by atoms with van der Waals surface area (Å²) in [6.45, 7) is 1.97. The van der Waals surface area contributed by atoms with Gasteiger partial charge in [-0.25, -0.2) is 4.39 Å². The van der Waals surface area contributed by atoms with E-state index >= 15 is 4.39 Å². The van der Waals surface area contributed by atoms with E-state index in [0.29, 0.717) is 5.56 Å². The molecule has 4 aromatic rings. The number of benzene rings is 2. The zero-order valence-corrected chi connectivity index (χ0v) is 22.2. The molecule has 2 aromatic carbocycles. The lowest BCUT2D eigenvalue weighted by Crippen LogP contribution is -2.43. The Bertz CT molecular complexity index is 1460. The van der Waals surface area contributed by atoms with Crippen LogP contribution in [0.15, 0.2) is 65.3 Å². The van der Waals surface area contributed by atoms with E-state index in [4.69, 9.17) is 4.42 Å². The fourth-order valence-corrected chi connectivity index (χ4v) is 4.98. The molecule has 1 fully saturated rings. The molecule has 1 aliphatic rings. The van der Waals surface area contributed by atoms with Crippen LogP contribution in [0.4, 0.5) is 24.5 Å². The number of hydrogen-bond acceptors (Lipinski definition) is 7. The lowest BCUT2D eigenvalue weighted by Gasteiger charge is -2.37. The van der Waals surface area contributed by atoms with Gasteiger partial charge in [-0.2, -0.15) is 8.78 Å². The maximum Gasteiger partial charge on any atom is 0.314 e. The molecular formula is C29H29F3N6O2. The number of piperidine rings is 1. The highest BCUT2D eigenvalue weighted by atomic mass is 19.3. The molecule has 0 spiro atoms. The standard InChI is InChI=1S/C29H29F3N6O2/c1-36-13-9-23(10-14-36)38(18-39)26-16-20(19-7-11-33-12-8-19)5-6-25(26)37(2)17-22-4-3-21(15-24(22)30)28-34-35-29(40-28)27(31)32/h3-8,11-12,15-16,18,23,27H,9-10,13-14,17H2,1-2H3. The number of aromatic nitrogens is 3. The SMILES string of the molecule is CN1CCC(N(C=O)c2cc(-c3ccncc3)ccc2N(C)Cc2ccc(-c3nnc(C(F)F)o3)cc2F)CC1. The van der Waals surface area contributed by atoms with Crippen molar-refractivity contribution in [2.24, 2.45) is 0 Å². The lowest BCUT2D eigenvalue weighted by atomic mass is 10.00. The Morgan fingerprint density at radius 3 is 2.38 bits per heavy atom. The van der Waals surface area contributed by atoms with Crippen LogP contribution in [0, 0.1) is 5.82 Å². The fourth-order valence-electron chi connectivity index (χ4n) is 4.98. The predicted octanol–water partition coefficient (Wildman–Crippen LogP) is 5.57. The van der Waals surface area contributed by atoms with Crippen LogP contribution in [0.1, 0.15) is 30.7 Å². The first kappa shape index (κ1) is 27.3. The first-order valence-corrected chi connectivity index (χ1v) is 12.9. The van der Waals surface area contributed by atoms with E-state index in [2.05, 4.69) is 27.1 Å². The van der Waals surface area contributed by atoms with Gasteiger partial charge in [-0.1, -0.05) is 12.1 Å². The molecule has 3 heterocycles. The Balaban J connectivity index is 1.45. The number of amides is 1. The van der Waals surface area contributed by atoms with E-state index in [1.54, 1.807) is 29.4 Å². The van der Waals surface area contributed by atoms with E-state index in [1.807, 2.05) is 42.3 Å². The maximum atomic E-state index is 15.2. The van der Waals surface area contributed by atoms with E-state index in [9.17, 15) is 13.6 Å². The Kier molecular flexibility index (Phi) is 8.11. The van der Waals surface area contributed by atoms with Crippen molar-refractivity contribution < 1.29 is 22.4 Å². The highest BCUT2D eigenvalue weighted by Crippen LogP contribution is 2.37. The summed E-state index contributed by atoms with van der Waals surface area (Å²) >= 11 is 0. The van der Waals surface area contributed by atoms with Crippen LogP contribution >= 0.6 is 0 Å². The average molecular weight is 551 g/mol. The highest BCUT2D eigenvalue weighted by molar-refractivity contribution is 5.88. The van der Waals surface area contributed by atoms with Crippen molar-refractivity contribution in [3.8, 4) is 22.6 Å². The van der Waals surface area contributed by atoms with Crippen LogP contribution in [-0.4, -0.2) is 59.7 Å². The van der Waals surface area contributed by atoms with Crippen molar-refractivity contribution in [3.05, 3.63) is 78.2 Å². The molecule has 208 valence electrons. The molecule has 0 N–H and O–H groups in total. The number of carbonyl (C=O) groups is 1. The summed E-state index contributed by atoms with van der Waals surface area (Å²) in [4.78, 5) is 22.5. The predicted molar refractivity (Wildman–Crippen MR) is 145 cm³/mol. The van der Waals surface area contributed by atoms with E-state index in [-0.39, 0.29) is 24.0 Å². The van der Waals surface area contributed by atoms with Crippen molar-refractivity contribution in [2.75, 3.05) is 37.0 Å². The number of halogens is 3. The van der Waals surface area contributed by atoms with Gasteiger partial charge in [0.1, 0.15) is 5.82 Å². The molecule has 0 radical (unpaired) electrons. The number of alkyl halides is 2. The third kappa shape index (κ3) is 5.84. The van der Waals surface area contributed by atoms with Gasteiger partial charge in [-0.05, 0) is 80.5 Å². The zero-order valence-electron chi connectivity index (χ0n) is 22.2. The second-order valence-corrected chi connectivity index (χ2v) is 9.89. The molecular weight excluding hydrogens is 521 g/mol. The summed E-state index contributed by atoms with van der Waals surface area (Å²) in [6, 6.07) is 14.1. The first-order valence-electron chi connectivity index (χ1n) is 12.9. The number of anilines is 2. The van der Waals surface area contributed by atoms with Gasteiger partial charge >= 0.3 is 6.43 Å². The number of rotatable bonds is 9. The first-order chi connectivity index (χ1) is 19.3. The molecule has 0 atom stereocenters. The molecule has 0 bridgehead atoms. The second-order valence-electron chi connectivity index (χ2n) is 9.89. The second kappa shape index (κ2) is 11.9. The average Bonchev–Trinajstić information content (AvgIpc) is 3.47. The molecule has 11 heteroatoms. The minimum Gasteiger partial charge on any atom is -0.415 e. The van der Waals surface area contributed by atoms with Gasteiger partial charge in [-0.15, -0.1) is 10.2 Å². The topological polar surface area (TPSA) is 78.6 Å². The summed E-state index contributed by atoms with van der Waals surface area (Å²) in [5, 5.41) is 6.89.